The van der Waals surface area contributed by atoms with E-state index in [0.717, 1.165) is 11.3 Å². The molecule has 0 radical (unpaired) electrons. The Bertz CT molecular complexity index is 1020. The Kier molecular flexibility index (Phi) is 4.41. The van der Waals surface area contributed by atoms with Crippen molar-refractivity contribution < 1.29 is 14.0 Å². The van der Waals surface area contributed by atoms with E-state index >= 15 is 0 Å². The minimum absolute atomic E-state index is 0.230. The Morgan fingerprint density at radius 3 is 2.93 bits per heavy atom. The number of carbonyl (C=O) groups is 2. The molecule has 3 heterocycles. The number of hydrogen-bond acceptors (Lipinski definition) is 5. The maximum absolute atomic E-state index is 13.8. The second-order valence-electron chi connectivity index (χ2n) is 6.20. The van der Waals surface area contributed by atoms with E-state index in [1.54, 1.807) is 36.8 Å². The van der Waals surface area contributed by atoms with Crippen LogP contribution >= 0.6 is 11.3 Å². The number of halogens is 1. The van der Waals surface area contributed by atoms with Gasteiger partial charge in [0.1, 0.15) is 11.9 Å². The molecule has 4 rings (SSSR count). The van der Waals surface area contributed by atoms with Crippen molar-refractivity contribution in [2.75, 3.05) is 5.32 Å². The predicted octanol–water partition coefficient (Wildman–Crippen LogP) is 3.32. The molecule has 1 aromatic carbocycles. The van der Waals surface area contributed by atoms with Crippen LogP contribution in [0.5, 0.6) is 0 Å². The Labute approximate surface area is 158 Å². The Morgan fingerprint density at radius 1 is 1.33 bits per heavy atom. The van der Waals surface area contributed by atoms with Gasteiger partial charge in [-0.1, -0.05) is 12.1 Å². The molecule has 8 heteroatoms. The van der Waals surface area contributed by atoms with Crippen molar-refractivity contribution in [3.63, 3.8) is 0 Å². The molecule has 136 valence electrons. The van der Waals surface area contributed by atoms with E-state index in [9.17, 15) is 14.0 Å². The molecular weight excluding hydrogens is 367 g/mol. The third-order valence-electron chi connectivity index (χ3n) is 4.34. The van der Waals surface area contributed by atoms with Crippen LogP contribution in [0.2, 0.25) is 0 Å². The first-order valence-electron chi connectivity index (χ1n) is 8.25. The number of fused-ring (bicyclic) bond motifs is 1. The number of rotatable bonds is 4. The molecule has 6 nitrogen and oxygen atoms in total. The minimum atomic E-state index is -0.982. The summed E-state index contributed by atoms with van der Waals surface area (Å²) in [5.41, 5.74) is 2.38. The van der Waals surface area contributed by atoms with Gasteiger partial charge in [-0.2, -0.15) is 0 Å². The van der Waals surface area contributed by atoms with Crippen molar-refractivity contribution in [2.24, 2.45) is 0 Å². The van der Waals surface area contributed by atoms with Gasteiger partial charge in [-0.25, -0.2) is 9.37 Å². The summed E-state index contributed by atoms with van der Waals surface area (Å²) in [4.78, 5) is 35.7. The number of amides is 2. The van der Waals surface area contributed by atoms with Crippen LogP contribution in [-0.4, -0.2) is 26.7 Å². The minimum Gasteiger partial charge on any atom is -0.318 e. The van der Waals surface area contributed by atoms with E-state index in [-0.39, 0.29) is 12.5 Å². The fourth-order valence-electron chi connectivity index (χ4n) is 3.14. The van der Waals surface area contributed by atoms with Crippen LogP contribution < -0.4 is 5.32 Å². The number of benzene rings is 1. The first-order chi connectivity index (χ1) is 13.0. The van der Waals surface area contributed by atoms with Gasteiger partial charge in [-0.15, -0.1) is 11.3 Å². The average molecular weight is 382 g/mol. The van der Waals surface area contributed by atoms with E-state index in [1.807, 2.05) is 0 Å². The normalized spacial score (nSPS) is 14.1. The Balaban J connectivity index is 1.72. The number of carbonyl (C=O) groups excluding carboxylic acids is 2. The molecule has 1 aliphatic heterocycles. The van der Waals surface area contributed by atoms with Gasteiger partial charge in [-0.05, 0) is 30.7 Å². The molecule has 2 amide bonds. The van der Waals surface area contributed by atoms with Crippen molar-refractivity contribution in [1.29, 1.82) is 0 Å². The van der Waals surface area contributed by atoms with Gasteiger partial charge < -0.3 is 4.90 Å². The molecule has 3 aromatic rings. The molecule has 1 N–H and O–H groups in total. The quantitative estimate of drug-likeness (QED) is 0.751. The summed E-state index contributed by atoms with van der Waals surface area (Å²) in [7, 11) is 0. The second kappa shape index (κ2) is 6.88. The molecule has 1 aliphatic rings. The summed E-state index contributed by atoms with van der Waals surface area (Å²) in [5, 5.41) is 4.87. The zero-order valence-corrected chi connectivity index (χ0v) is 15.2. The van der Waals surface area contributed by atoms with Crippen molar-refractivity contribution in [3.8, 4) is 0 Å². The van der Waals surface area contributed by atoms with E-state index in [2.05, 4.69) is 15.3 Å². The lowest BCUT2D eigenvalue weighted by atomic mass is 10.0. The van der Waals surface area contributed by atoms with E-state index < -0.39 is 17.8 Å². The largest absolute Gasteiger partial charge is 0.318 e. The van der Waals surface area contributed by atoms with Gasteiger partial charge in [-0.3, -0.25) is 19.9 Å². The van der Waals surface area contributed by atoms with Gasteiger partial charge in [0.2, 0.25) is 0 Å². The van der Waals surface area contributed by atoms with Crippen LogP contribution in [0.15, 0.2) is 48.1 Å². The fraction of sp³-hybridized carbons (Fsp3) is 0.158. The number of thiazole rings is 1. The summed E-state index contributed by atoms with van der Waals surface area (Å²) in [5.74, 6) is -1.19. The van der Waals surface area contributed by atoms with Crippen LogP contribution in [0.25, 0.3) is 0 Å². The highest BCUT2D eigenvalue weighted by atomic mass is 32.1. The third-order valence-corrected chi connectivity index (χ3v) is 5.03. The number of nitrogens with one attached hydrogen (secondary N) is 1. The summed E-state index contributed by atoms with van der Waals surface area (Å²) in [6, 6.07) is 6.45. The molecule has 2 aromatic heterocycles. The van der Waals surface area contributed by atoms with Crippen LogP contribution in [-0.2, 0) is 11.3 Å². The SMILES string of the molecule is Cc1cc2c(cn1)CN(C(C(=O)Nc1nccs1)c1cccc(F)c1)C2=O. The lowest BCUT2D eigenvalue weighted by molar-refractivity contribution is -0.120. The summed E-state index contributed by atoms with van der Waals surface area (Å²) in [6.07, 6.45) is 3.21. The fourth-order valence-corrected chi connectivity index (χ4v) is 3.67. The van der Waals surface area contributed by atoms with Gasteiger partial charge in [0.05, 0.1) is 0 Å². The molecule has 0 spiro atoms. The topological polar surface area (TPSA) is 75.2 Å². The molecule has 1 unspecified atom stereocenters. The number of hydrogen-bond donors (Lipinski definition) is 1. The first kappa shape index (κ1) is 17.3. The van der Waals surface area contributed by atoms with Crippen LogP contribution in [0.1, 0.15) is 33.2 Å². The van der Waals surface area contributed by atoms with E-state index in [1.165, 1.54) is 34.4 Å². The highest BCUT2D eigenvalue weighted by Gasteiger charge is 2.38. The van der Waals surface area contributed by atoms with E-state index in [4.69, 9.17) is 0 Å². The summed E-state index contributed by atoms with van der Waals surface area (Å²) < 4.78 is 13.8. The molecule has 0 saturated heterocycles. The smallest absolute Gasteiger partial charge is 0.255 e. The highest BCUT2D eigenvalue weighted by Crippen LogP contribution is 2.32. The van der Waals surface area contributed by atoms with Crippen molar-refractivity contribution in [3.05, 3.63) is 76.3 Å². The monoisotopic (exact) mass is 382 g/mol. The molecule has 0 bridgehead atoms. The van der Waals surface area contributed by atoms with Gasteiger partial charge in [0.25, 0.3) is 11.8 Å². The van der Waals surface area contributed by atoms with E-state index in [0.29, 0.717) is 16.3 Å². The third kappa shape index (κ3) is 3.31. The van der Waals surface area contributed by atoms with Gasteiger partial charge >= 0.3 is 0 Å². The maximum atomic E-state index is 13.8. The summed E-state index contributed by atoms with van der Waals surface area (Å²) >= 11 is 1.27. The van der Waals surface area contributed by atoms with Crippen LogP contribution in [0.3, 0.4) is 0 Å². The lowest BCUT2D eigenvalue weighted by Crippen LogP contribution is -2.37. The van der Waals surface area contributed by atoms with Gasteiger partial charge in [0, 0.05) is 41.1 Å². The molecule has 0 fully saturated rings. The Morgan fingerprint density at radius 2 is 2.19 bits per heavy atom. The second-order valence-corrected chi connectivity index (χ2v) is 7.09. The summed E-state index contributed by atoms with van der Waals surface area (Å²) in [6.45, 7) is 2.03. The molecular formula is C19H15FN4O2S. The zero-order valence-electron chi connectivity index (χ0n) is 14.3. The van der Waals surface area contributed by atoms with Gasteiger partial charge in [0.15, 0.2) is 5.13 Å². The molecule has 1 atom stereocenters. The molecule has 0 aliphatic carbocycles. The number of anilines is 1. The molecule has 0 saturated carbocycles. The average Bonchev–Trinajstić information content (AvgIpc) is 3.25. The maximum Gasteiger partial charge on any atom is 0.255 e. The van der Waals surface area contributed by atoms with Crippen molar-refractivity contribution in [1.82, 2.24) is 14.9 Å². The lowest BCUT2D eigenvalue weighted by Gasteiger charge is -2.27. The highest BCUT2D eigenvalue weighted by molar-refractivity contribution is 7.13. The number of aromatic nitrogens is 2. The van der Waals surface area contributed by atoms with Crippen molar-refractivity contribution in [2.45, 2.75) is 19.5 Å². The van der Waals surface area contributed by atoms with Crippen LogP contribution in [0, 0.1) is 12.7 Å². The molecule has 27 heavy (non-hydrogen) atoms. The number of pyridine rings is 1. The van der Waals surface area contributed by atoms with Crippen LogP contribution in [0.4, 0.5) is 9.52 Å². The number of aryl methyl sites for hydroxylation is 1. The number of nitrogens with zero attached hydrogens (tertiary/aromatic N) is 3. The first-order valence-corrected chi connectivity index (χ1v) is 9.13. The standard InChI is InChI=1S/C19H15FN4O2S/c1-11-7-15-13(9-22-11)10-24(18(15)26)16(12-3-2-4-14(20)8-12)17(25)23-19-21-5-6-27-19/h2-9,16H,10H2,1H3,(H,21,23,25). The Hall–Kier alpha value is -3.13. The zero-order chi connectivity index (χ0) is 19.0. The van der Waals surface area contributed by atoms with Crippen molar-refractivity contribution >= 4 is 28.3 Å². The predicted molar refractivity (Wildman–Crippen MR) is 98.7 cm³/mol.